The maximum atomic E-state index is 13.3. The van der Waals surface area contributed by atoms with Crippen LogP contribution in [0.2, 0.25) is 0 Å². The summed E-state index contributed by atoms with van der Waals surface area (Å²) >= 11 is 0. The molecule has 6 nitrogen and oxygen atoms in total. The van der Waals surface area contributed by atoms with Crippen molar-refractivity contribution < 1.29 is 4.39 Å². The van der Waals surface area contributed by atoms with E-state index >= 15 is 0 Å². The summed E-state index contributed by atoms with van der Waals surface area (Å²) in [4.78, 5) is 13.0. The highest BCUT2D eigenvalue weighted by Gasteiger charge is 2.19. The molecule has 0 radical (unpaired) electrons. The third kappa shape index (κ3) is 5.93. The van der Waals surface area contributed by atoms with Crippen LogP contribution < -0.4 is 10.6 Å². The molecule has 0 amide bonds. The number of H-pyrrole nitrogens is 1. The SMILES string of the molecule is CCNC(=NCC(C)N1CCN(CC)CC1)NCCc1c[nH]c2cc(F)ccc12. The minimum absolute atomic E-state index is 0.212. The predicted molar refractivity (Wildman–Crippen MR) is 119 cm³/mol. The van der Waals surface area contributed by atoms with Crippen molar-refractivity contribution in [2.75, 3.05) is 52.4 Å². The maximum absolute atomic E-state index is 13.3. The van der Waals surface area contributed by atoms with Crippen LogP contribution in [0.15, 0.2) is 29.4 Å². The van der Waals surface area contributed by atoms with E-state index in [1.165, 1.54) is 11.6 Å². The fourth-order valence-electron chi connectivity index (χ4n) is 3.88. The first-order chi connectivity index (χ1) is 14.1. The number of nitrogens with one attached hydrogen (secondary N) is 3. The van der Waals surface area contributed by atoms with Crippen LogP contribution in [0.5, 0.6) is 0 Å². The molecule has 2 aromatic rings. The first-order valence-corrected chi connectivity index (χ1v) is 10.8. The molecule has 2 heterocycles. The minimum Gasteiger partial charge on any atom is -0.361 e. The van der Waals surface area contributed by atoms with Crippen molar-refractivity contribution in [1.82, 2.24) is 25.4 Å². The topological polar surface area (TPSA) is 58.7 Å². The van der Waals surface area contributed by atoms with E-state index in [0.29, 0.717) is 6.04 Å². The van der Waals surface area contributed by atoms with Gasteiger partial charge in [0.2, 0.25) is 0 Å². The second kappa shape index (κ2) is 10.6. The molecule has 1 fully saturated rings. The number of benzene rings is 1. The van der Waals surface area contributed by atoms with Gasteiger partial charge in [0.15, 0.2) is 5.96 Å². The molecule has 0 aliphatic carbocycles. The molecule has 3 rings (SSSR count). The first-order valence-electron chi connectivity index (χ1n) is 10.8. The summed E-state index contributed by atoms with van der Waals surface area (Å²) in [5, 5.41) is 7.85. The van der Waals surface area contributed by atoms with E-state index in [1.54, 1.807) is 6.07 Å². The molecule has 1 unspecified atom stereocenters. The van der Waals surface area contributed by atoms with Gasteiger partial charge in [0.1, 0.15) is 5.82 Å². The van der Waals surface area contributed by atoms with Crippen LogP contribution >= 0.6 is 0 Å². The van der Waals surface area contributed by atoms with Crippen LogP contribution in [0.3, 0.4) is 0 Å². The Balaban J connectivity index is 1.50. The fraction of sp³-hybridized carbons (Fsp3) is 0.591. The Morgan fingerprint density at radius 3 is 2.72 bits per heavy atom. The molecule has 7 heteroatoms. The van der Waals surface area contributed by atoms with Crippen molar-refractivity contribution in [3.63, 3.8) is 0 Å². The number of nitrogens with zero attached hydrogens (tertiary/aromatic N) is 3. The monoisotopic (exact) mass is 402 g/mol. The van der Waals surface area contributed by atoms with Gasteiger partial charge in [-0.1, -0.05) is 6.92 Å². The van der Waals surface area contributed by atoms with Gasteiger partial charge in [0.25, 0.3) is 0 Å². The number of piperazine rings is 1. The molecule has 1 aromatic carbocycles. The largest absolute Gasteiger partial charge is 0.361 e. The highest BCUT2D eigenvalue weighted by Crippen LogP contribution is 2.19. The Morgan fingerprint density at radius 2 is 2.00 bits per heavy atom. The number of rotatable bonds is 8. The maximum Gasteiger partial charge on any atom is 0.191 e. The zero-order valence-electron chi connectivity index (χ0n) is 18.0. The molecule has 1 atom stereocenters. The van der Waals surface area contributed by atoms with Crippen molar-refractivity contribution in [3.8, 4) is 0 Å². The molecular formula is C22H35FN6. The van der Waals surface area contributed by atoms with Gasteiger partial charge in [-0.15, -0.1) is 0 Å². The molecule has 1 aliphatic heterocycles. The van der Waals surface area contributed by atoms with E-state index in [0.717, 1.165) is 75.6 Å². The smallest absolute Gasteiger partial charge is 0.191 e. The molecule has 160 valence electrons. The zero-order chi connectivity index (χ0) is 20.6. The first kappa shape index (κ1) is 21.6. The fourth-order valence-corrected chi connectivity index (χ4v) is 3.88. The summed E-state index contributed by atoms with van der Waals surface area (Å²) < 4.78 is 13.3. The number of hydrogen-bond acceptors (Lipinski definition) is 3. The number of hydrogen-bond donors (Lipinski definition) is 3. The van der Waals surface area contributed by atoms with Crippen LogP contribution in [0, 0.1) is 5.82 Å². The second-order valence-electron chi connectivity index (χ2n) is 7.72. The molecule has 0 bridgehead atoms. The van der Waals surface area contributed by atoms with Gasteiger partial charge >= 0.3 is 0 Å². The third-order valence-electron chi connectivity index (χ3n) is 5.75. The molecule has 0 spiro atoms. The highest BCUT2D eigenvalue weighted by molar-refractivity contribution is 5.83. The van der Waals surface area contributed by atoms with Gasteiger partial charge in [-0.2, -0.15) is 0 Å². The van der Waals surface area contributed by atoms with E-state index in [4.69, 9.17) is 4.99 Å². The van der Waals surface area contributed by atoms with E-state index < -0.39 is 0 Å². The molecule has 1 aromatic heterocycles. The normalized spacial score (nSPS) is 17.6. The van der Waals surface area contributed by atoms with E-state index in [2.05, 4.69) is 46.2 Å². The Hall–Kier alpha value is -2.12. The van der Waals surface area contributed by atoms with Crippen LogP contribution in [0.4, 0.5) is 4.39 Å². The van der Waals surface area contributed by atoms with Crippen molar-refractivity contribution in [3.05, 3.63) is 35.8 Å². The van der Waals surface area contributed by atoms with E-state index in [9.17, 15) is 4.39 Å². The van der Waals surface area contributed by atoms with Crippen LogP contribution in [-0.2, 0) is 6.42 Å². The van der Waals surface area contributed by atoms with E-state index in [1.807, 2.05) is 12.3 Å². The second-order valence-corrected chi connectivity index (χ2v) is 7.72. The van der Waals surface area contributed by atoms with Gasteiger partial charge < -0.3 is 20.5 Å². The molecule has 1 aliphatic rings. The predicted octanol–water partition coefficient (Wildman–Crippen LogP) is 2.43. The Labute approximate surface area is 173 Å². The van der Waals surface area contributed by atoms with Crippen molar-refractivity contribution >= 4 is 16.9 Å². The Bertz CT molecular complexity index is 794. The standard InChI is InChI=1S/C22H35FN6/c1-4-24-22(27-15-17(3)29-12-10-28(5-2)11-13-29)25-9-8-18-16-26-21-14-19(23)6-7-20(18)21/h6-7,14,16-17,26H,4-5,8-13,15H2,1-3H3,(H2,24,25,27). The van der Waals surface area contributed by atoms with Gasteiger partial charge in [-0.05, 0) is 50.6 Å². The Kier molecular flexibility index (Phi) is 7.89. The number of fused-ring (bicyclic) bond motifs is 1. The van der Waals surface area contributed by atoms with Crippen molar-refractivity contribution in [1.29, 1.82) is 0 Å². The number of aromatic nitrogens is 1. The lowest BCUT2D eigenvalue weighted by atomic mass is 10.1. The minimum atomic E-state index is -0.212. The average Bonchev–Trinajstić information content (AvgIpc) is 3.13. The number of likely N-dealkylation sites (N-methyl/N-ethyl adjacent to an activating group) is 1. The third-order valence-corrected chi connectivity index (χ3v) is 5.75. The zero-order valence-corrected chi connectivity index (χ0v) is 18.0. The summed E-state index contributed by atoms with van der Waals surface area (Å²) in [6.45, 7) is 14.7. The summed E-state index contributed by atoms with van der Waals surface area (Å²) in [6, 6.07) is 5.34. The Morgan fingerprint density at radius 1 is 1.21 bits per heavy atom. The quantitative estimate of drug-likeness (QED) is 0.469. The van der Waals surface area contributed by atoms with Crippen LogP contribution in [0.25, 0.3) is 10.9 Å². The van der Waals surface area contributed by atoms with Gasteiger partial charge in [-0.25, -0.2) is 4.39 Å². The molecule has 29 heavy (non-hydrogen) atoms. The summed E-state index contributed by atoms with van der Waals surface area (Å²) in [7, 11) is 0. The van der Waals surface area contributed by atoms with Crippen molar-refractivity contribution in [2.45, 2.75) is 33.2 Å². The lowest BCUT2D eigenvalue weighted by molar-refractivity contribution is 0.109. The molecule has 3 N–H and O–H groups in total. The highest BCUT2D eigenvalue weighted by atomic mass is 19.1. The average molecular weight is 403 g/mol. The summed E-state index contributed by atoms with van der Waals surface area (Å²) in [6.07, 6.45) is 2.82. The van der Waals surface area contributed by atoms with Crippen LogP contribution in [0.1, 0.15) is 26.3 Å². The summed E-state index contributed by atoms with van der Waals surface area (Å²) in [5.41, 5.74) is 2.03. The number of guanidine groups is 1. The van der Waals surface area contributed by atoms with Gasteiger partial charge in [0.05, 0.1) is 6.54 Å². The van der Waals surface area contributed by atoms with Gasteiger partial charge in [0, 0.05) is 62.4 Å². The number of aliphatic imine (C=N–C) groups is 1. The number of halogens is 1. The van der Waals surface area contributed by atoms with E-state index in [-0.39, 0.29) is 5.82 Å². The van der Waals surface area contributed by atoms with Crippen LogP contribution in [-0.4, -0.2) is 79.1 Å². The molecular weight excluding hydrogens is 367 g/mol. The lowest BCUT2D eigenvalue weighted by Gasteiger charge is -2.37. The number of aromatic amines is 1. The molecule has 0 saturated carbocycles. The lowest BCUT2D eigenvalue weighted by Crippen LogP contribution is -2.50. The molecule has 1 saturated heterocycles. The summed E-state index contributed by atoms with van der Waals surface area (Å²) in [5.74, 6) is 0.647. The van der Waals surface area contributed by atoms with Crippen molar-refractivity contribution in [2.24, 2.45) is 4.99 Å². The van der Waals surface area contributed by atoms with Gasteiger partial charge in [-0.3, -0.25) is 9.89 Å².